The van der Waals surface area contributed by atoms with Crippen molar-refractivity contribution in [2.45, 2.75) is 53.2 Å². The fourth-order valence-electron chi connectivity index (χ4n) is 1.63. The van der Waals surface area contributed by atoms with E-state index in [9.17, 15) is 0 Å². The molecule has 1 aromatic rings. The molecule has 0 aliphatic rings. The van der Waals surface area contributed by atoms with E-state index in [1.807, 2.05) is 26.0 Å². The Morgan fingerprint density at radius 3 is 2.22 bits per heavy atom. The molecule has 0 amide bonds. The number of hydrogen-bond acceptors (Lipinski definition) is 2. The van der Waals surface area contributed by atoms with E-state index in [0.29, 0.717) is 6.61 Å². The Morgan fingerprint density at radius 1 is 1.00 bits per heavy atom. The predicted molar refractivity (Wildman–Crippen MR) is 75.9 cm³/mol. The van der Waals surface area contributed by atoms with E-state index < -0.39 is 0 Å². The van der Waals surface area contributed by atoms with E-state index in [1.54, 1.807) is 0 Å². The van der Waals surface area contributed by atoms with Crippen LogP contribution in [0.2, 0.25) is 0 Å². The number of hydrogen-bond donors (Lipinski definition) is 0. The largest absolute Gasteiger partial charge is 0.494 e. The van der Waals surface area contributed by atoms with Crippen molar-refractivity contribution >= 4 is 0 Å². The maximum atomic E-state index is 5.70. The second-order valence-electron chi connectivity index (χ2n) is 5.39. The summed E-state index contributed by atoms with van der Waals surface area (Å²) in [6.45, 7) is 10.1. The minimum absolute atomic E-state index is 0.275. The quantitative estimate of drug-likeness (QED) is 0.636. The van der Waals surface area contributed by atoms with Gasteiger partial charge in [0.25, 0.3) is 0 Å². The van der Waals surface area contributed by atoms with Gasteiger partial charge in [0.15, 0.2) is 0 Å². The highest BCUT2D eigenvalue weighted by atomic mass is 16.5. The van der Waals surface area contributed by atoms with Crippen molar-refractivity contribution in [3.05, 3.63) is 29.8 Å². The molecule has 0 saturated heterocycles. The molecule has 0 heterocycles. The lowest BCUT2D eigenvalue weighted by Crippen LogP contribution is -2.02. The summed E-state index contributed by atoms with van der Waals surface area (Å²) in [5.41, 5.74) is 1.19. The van der Waals surface area contributed by atoms with Gasteiger partial charge in [0.05, 0.1) is 19.3 Å². The van der Waals surface area contributed by atoms with Crippen molar-refractivity contribution in [2.24, 2.45) is 5.92 Å². The third kappa shape index (κ3) is 6.65. The number of rotatable bonds is 8. The van der Waals surface area contributed by atoms with Crippen LogP contribution in [0.5, 0.6) is 5.75 Å². The van der Waals surface area contributed by atoms with E-state index in [-0.39, 0.29) is 6.10 Å². The third-order valence-corrected chi connectivity index (χ3v) is 2.70. The first-order valence-corrected chi connectivity index (χ1v) is 6.91. The Bertz CT molecular complexity index is 314. The molecule has 0 spiro atoms. The third-order valence-electron chi connectivity index (χ3n) is 2.70. The summed E-state index contributed by atoms with van der Waals surface area (Å²) in [5, 5.41) is 0. The molecule has 1 aromatic carbocycles. The van der Waals surface area contributed by atoms with Crippen LogP contribution in [0.15, 0.2) is 24.3 Å². The SMILES string of the molecule is CC(C)CCCOc1ccc(COC(C)C)cc1. The Balaban J connectivity index is 2.27. The van der Waals surface area contributed by atoms with E-state index in [0.717, 1.165) is 24.7 Å². The van der Waals surface area contributed by atoms with Gasteiger partial charge in [-0.1, -0.05) is 26.0 Å². The number of benzene rings is 1. The maximum Gasteiger partial charge on any atom is 0.119 e. The summed E-state index contributed by atoms with van der Waals surface area (Å²) in [6.07, 6.45) is 2.62. The smallest absolute Gasteiger partial charge is 0.119 e. The van der Waals surface area contributed by atoms with Crippen LogP contribution in [0.4, 0.5) is 0 Å². The van der Waals surface area contributed by atoms with Gasteiger partial charge in [-0.05, 0) is 50.3 Å². The van der Waals surface area contributed by atoms with Gasteiger partial charge in [-0.2, -0.15) is 0 Å². The highest BCUT2D eigenvalue weighted by molar-refractivity contribution is 5.26. The highest BCUT2D eigenvalue weighted by Gasteiger charge is 1.99. The average molecular weight is 250 g/mol. The van der Waals surface area contributed by atoms with Gasteiger partial charge in [-0.15, -0.1) is 0 Å². The molecule has 0 aromatic heterocycles. The molecule has 0 fully saturated rings. The zero-order valence-corrected chi connectivity index (χ0v) is 12.1. The fourth-order valence-corrected chi connectivity index (χ4v) is 1.63. The molecule has 0 aliphatic carbocycles. The molecule has 2 nitrogen and oxygen atoms in total. The van der Waals surface area contributed by atoms with Crippen LogP contribution in [0.25, 0.3) is 0 Å². The Kier molecular flexibility index (Phi) is 6.81. The molecule has 0 aliphatic heterocycles. The molecule has 102 valence electrons. The molecule has 0 radical (unpaired) electrons. The van der Waals surface area contributed by atoms with E-state index in [1.165, 1.54) is 12.0 Å². The van der Waals surface area contributed by atoms with Crippen LogP contribution in [0, 0.1) is 5.92 Å². The topological polar surface area (TPSA) is 18.5 Å². The van der Waals surface area contributed by atoms with Crippen LogP contribution >= 0.6 is 0 Å². The molecular formula is C16H26O2. The van der Waals surface area contributed by atoms with E-state index >= 15 is 0 Å². The van der Waals surface area contributed by atoms with Gasteiger partial charge in [-0.3, -0.25) is 0 Å². The Labute approximate surface area is 111 Å². The molecule has 0 atom stereocenters. The maximum absolute atomic E-state index is 5.70. The van der Waals surface area contributed by atoms with Crippen LogP contribution in [0.3, 0.4) is 0 Å². The van der Waals surface area contributed by atoms with Crippen molar-refractivity contribution in [3.63, 3.8) is 0 Å². The molecule has 0 unspecified atom stereocenters. The lowest BCUT2D eigenvalue weighted by atomic mass is 10.1. The van der Waals surface area contributed by atoms with Gasteiger partial charge in [0.1, 0.15) is 5.75 Å². The molecule has 0 bridgehead atoms. The summed E-state index contributed by atoms with van der Waals surface area (Å²) in [5.74, 6) is 1.70. The Morgan fingerprint density at radius 2 is 1.67 bits per heavy atom. The number of ether oxygens (including phenoxy) is 2. The van der Waals surface area contributed by atoms with E-state index in [2.05, 4.69) is 26.0 Å². The summed E-state index contributed by atoms with van der Waals surface area (Å²) in [4.78, 5) is 0. The van der Waals surface area contributed by atoms with Crippen LogP contribution in [0.1, 0.15) is 46.1 Å². The first-order valence-electron chi connectivity index (χ1n) is 6.91. The first kappa shape index (κ1) is 15.0. The molecule has 2 heteroatoms. The molecule has 0 N–H and O–H groups in total. The highest BCUT2D eigenvalue weighted by Crippen LogP contribution is 2.14. The van der Waals surface area contributed by atoms with Crippen LogP contribution in [-0.2, 0) is 11.3 Å². The monoisotopic (exact) mass is 250 g/mol. The molecule has 1 rings (SSSR count). The van der Waals surface area contributed by atoms with Gasteiger partial charge in [0, 0.05) is 0 Å². The lowest BCUT2D eigenvalue weighted by Gasteiger charge is -2.10. The van der Waals surface area contributed by atoms with E-state index in [4.69, 9.17) is 9.47 Å². The Hall–Kier alpha value is -1.02. The second kappa shape index (κ2) is 8.15. The van der Waals surface area contributed by atoms with Crippen molar-refractivity contribution in [1.82, 2.24) is 0 Å². The fraction of sp³-hybridized carbons (Fsp3) is 0.625. The van der Waals surface area contributed by atoms with Gasteiger partial charge < -0.3 is 9.47 Å². The van der Waals surface area contributed by atoms with Gasteiger partial charge in [0.2, 0.25) is 0 Å². The zero-order valence-electron chi connectivity index (χ0n) is 12.1. The van der Waals surface area contributed by atoms with Crippen molar-refractivity contribution in [2.75, 3.05) is 6.61 Å². The lowest BCUT2D eigenvalue weighted by molar-refractivity contribution is 0.0657. The normalized spacial score (nSPS) is 11.2. The van der Waals surface area contributed by atoms with Crippen molar-refractivity contribution < 1.29 is 9.47 Å². The van der Waals surface area contributed by atoms with Crippen LogP contribution < -0.4 is 4.74 Å². The van der Waals surface area contributed by atoms with Gasteiger partial charge in [-0.25, -0.2) is 0 Å². The van der Waals surface area contributed by atoms with Crippen LogP contribution in [-0.4, -0.2) is 12.7 Å². The summed E-state index contributed by atoms with van der Waals surface area (Å²) in [7, 11) is 0. The summed E-state index contributed by atoms with van der Waals surface area (Å²) in [6, 6.07) is 8.18. The van der Waals surface area contributed by atoms with Crippen molar-refractivity contribution in [1.29, 1.82) is 0 Å². The molecular weight excluding hydrogens is 224 g/mol. The summed E-state index contributed by atoms with van der Waals surface area (Å²) >= 11 is 0. The van der Waals surface area contributed by atoms with Crippen molar-refractivity contribution in [3.8, 4) is 5.75 Å². The minimum atomic E-state index is 0.275. The zero-order chi connectivity index (χ0) is 13.4. The molecule has 0 saturated carbocycles. The standard InChI is InChI=1S/C16H26O2/c1-13(2)6-5-11-17-16-9-7-15(8-10-16)12-18-14(3)4/h7-10,13-14H,5-6,11-12H2,1-4H3. The molecule has 18 heavy (non-hydrogen) atoms. The minimum Gasteiger partial charge on any atom is -0.494 e. The first-order chi connectivity index (χ1) is 8.58. The van der Waals surface area contributed by atoms with Gasteiger partial charge >= 0.3 is 0 Å². The second-order valence-corrected chi connectivity index (χ2v) is 5.39. The average Bonchev–Trinajstić information content (AvgIpc) is 2.33. The summed E-state index contributed by atoms with van der Waals surface area (Å²) < 4.78 is 11.2. The predicted octanol–water partition coefficient (Wildman–Crippen LogP) is 4.43.